The smallest absolute Gasteiger partial charge is 0.277 e. The van der Waals surface area contributed by atoms with Crippen LogP contribution in [0.2, 0.25) is 0 Å². The molecule has 74 valence electrons. The summed E-state index contributed by atoms with van der Waals surface area (Å²) in [5, 5.41) is 7.14. The summed E-state index contributed by atoms with van der Waals surface area (Å²) in [6.45, 7) is 0. The minimum Gasteiger partial charge on any atom is -0.277 e. The van der Waals surface area contributed by atoms with Gasteiger partial charge < -0.3 is 0 Å². The molecule has 0 atom stereocenters. The fraction of sp³-hybridized carbons (Fsp3) is 0.143. The third kappa shape index (κ3) is 1.47. The second kappa shape index (κ2) is 2.94. The molecular formula is C7H3BrF3N3. The standard InChI is InChI=1S/C7H3BrF3N3/c8-6-13-12-5-3-4(7(9,10)11)1-2-14(5)6/h1-3H. The molecule has 7 heteroatoms. The van der Waals surface area contributed by atoms with Gasteiger partial charge in [0.1, 0.15) is 0 Å². The lowest BCUT2D eigenvalue weighted by molar-refractivity contribution is -0.137. The average Bonchev–Trinajstić information content (AvgIpc) is 2.46. The van der Waals surface area contributed by atoms with Crippen LogP contribution in [0.25, 0.3) is 5.65 Å². The van der Waals surface area contributed by atoms with Gasteiger partial charge in [-0.2, -0.15) is 13.2 Å². The Bertz CT molecular complexity index is 476. The van der Waals surface area contributed by atoms with E-state index in [1.165, 1.54) is 10.6 Å². The van der Waals surface area contributed by atoms with E-state index in [0.29, 0.717) is 4.73 Å². The lowest BCUT2D eigenvalue weighted by atomic mass is 10.2. The van der Waals surface area contributed by atoms with Crippen molar-refractivity contribution in [2.75, 3.05) is 0 Å². The van der Waals surface area contributed by atoms with Crippen molar-refractivity contribution < 1.29 is 13.2 Å². The van der Waals surface area contributed by atoms with Gasteiger partial charge in [0.05, 0.1) is 5.56 Å². The summed E-state index contributed by atoms with van der Waals surface area (Å²) < 4.78 is 38.5. The highest BCUT2D eigenvalue weighted by atomic mass is 79.9. The minimum absolute atomic E-state index is 0.159. The summed E-state index contributed by atoms with van der Waals surface area (Å²) in [4.78, 5) is 0. The van der Waals surface area contributed by atoms with Crippen LogP contribution in [0, 0.1) is 0 Å². The van der Waals surface area contributed by atoms with Crippen molar-refractivity contribution in [2.45, 2.75) is 6.18 Å². The Morgan fingerprint density at radius 3 is 2.64 bits per heavy atom. The van der Waals surface area contributed by atoms with Gasteiger partial charge in [0, 0.05) is 6.20 Å². The zero-order chi connectivity index (χ0) is 10.3. The van der Waals surface area contributed by atoms with Gasteiger partial charge in [0.2, 0.25) is 4.73 Å². The molecule has 0 aromatic carbocycles. The van der Waals surface area contributed by atoms with Crippen LogP contribution in [-0.4, -0.2) is 14.6 Å². The van der Waals surface area contributed by atoms with Crippen molar-refractivity contribution in [3.8, 4) is 0 Å². The second-order valence-electron chi connectivity index (χ2n) is 2.61. The third-order valence-electron chi connectivity index (χ3n) is 1.70. The van der Waals surface area contributed by atoms with Crippen LogP contribution >= 0.6 is 15.9 Å². The quantitative estimate of drug-likeness (QED) is 0.733. The number of halogens is 4. The Morgan fingerprint density at radius 2 is 2.00 bits per heavy atom. The lowest BCUT2D eigenvalue weighted by Gasteiger charge is -2.05. The molecule has 2 aromatic heterocycles. The van der Waals surface area contributed by atoms with E-state index < -0.39 is 11.7 Å². The number of rotatable bonds is 0. The summed E-state index contributed by atoms with van der Waals surface area (Å²) in [5.41, 5.74) is -0.573. The normalized spacial score (nSPS) is 12.3. The molecule has 0 aliphatic rings. The van der Waals surface area contributed by atoms with E-state index in [-0.39, 0.29) is 5.65 Å². The molecule has 0 saturated heterocycles. The molecular weight excluding hydrogens is 263 g/mol. The van der Waals surface area contributed by atoms with Gasteiger partial charge in [-0.15, -0.1) is 10.2 Å². The van der Waals surface area contributed by atoms with Crippen LogP contribution in [-0.2, 0) is 6.18 Å². The zero-order valence-corrected chi connectivity index (χ0v) is 8.17. The molecule has 14 heavy (non-hydrogen) atoms. The fourth-order valence-electron chi connectivity index (χ4n) is 1.04. The van der Waals surface area contributed by atoms with Crippen LogP contribution < -0.4 is 0 Å². The van der Waals surface area contributed by atoms with Crippen molar-refractivity contribution in [3.63, 3.8) is 0 Å². The predicted molar refractivity (Wildman–Crippen MR) is 45.7 cm³/mol. The number of hydrogen-bond acceptors (Lipinski definition) is 2. The maximum Gasteiger partial charge on any atom is 0.416 e. The summed E-state index contributed by atoms with van der Waals surface area (Å²) in [5.74, 6) is 0. The number of pyridine rings is 1. The van der Waals surface area contributed by atoms with Crippen LogP contribution in [0.5, 0.6) is 0 Å². The van der Waals surface area contributed by atoms with Crippen molar-refractivity contribution in [1.82, 2.24) is 14.6 Å². The molecule has 0 fully saturated rings. The zero-order valence-electron chi connectivity index (χ0n) is 6.59. The number of hydrogen-bond donors (Lipinski definition) is 0. The predicted octanol–water partition coefficient (Wildman–Crippen LogP) is 2.51. The summed E-state index contributed by atoms with van der Waals surface area (Å²) in [6, 6.07) is 1.92. The largest absolute Gasteiger partial charge is 0.416 e. The first-order chi connectivity index (χ1) is 6.48. The lowest BCUT2D eigenvalue weighted by Crippen LogP contribution is -2.05. The maximum atomic E-state index is 12.3. The number of alkyl halides is 3. The number of aromatic nitrogens is 3. The Kier molecular flexibility index (Phi) is 1.99. The second-order valence-corrected chi connectivity index (χ2v) is 3.32. The van der Waals surface area contributed by atoms with Gasteiger partial charge in [-0.05, 0) is 28.1 Å². The molecule has 0 aliphatic heterocycles. The van der Waals surface area contributed by atoms with Crippen molar-refractivity contribution >= 4 is 21.6 Å². The highest BCUT2D eigenvalue weighted by molar-refractivity contribution is 9.10. The highest BCUT2D eigenvalue weighted by Crippen LogP contribution is 2.29. The van der Waals surface area contributed by atoms with Crippen LogP contribution in [0.3, 0.4) is 0 Å². The summed E-state index contributed by atoms with van der Waals surface area (Å²) in [6.07, 6.45) is -3.08. The van der Waals surface area contributed by atoms with E-state index in [1.807, 2.05) is 0 Å². The Morgan fingerprint density at radius 1 is 1.29 bits per heavy atom. The molecule has 0 spiro atoms. The molecule has 0 unspecified atom stereocenters. The van der Waals surface area contributed by atoms with E-state index in [0.717, 1.165) is 12.1 Å². The molecule has 0 amide bonds. The highest BCUT2D eigenvalue weighted by Gasteiger charge is 2.30. The number of fused-ring (bicyclic) bond motifs is 1. The molecule has 0 N–H and O–H groups in total. The van der Waals surface area contributed by atoms with Gasteiger partial charge in [-0.25, -0.2) is 0 Å². The molecule has 2 rings (SSSR count). The van der Waals surface area contributed by atoms with Gasteiger partial charge in [0.15, 0.2) is 5.65 Å². The molecule has 0 aliphatic carbocycles. The van der Waals surface area contributed by atoms with Crippen LogP contribution in [0.4, 0.5) is 13.2 Å². The van der Waals surface area contributed by atoms with E-state index in [9.17, 15) is 13.2 Å². The van der Waals surface area contributed by atoms with Crippen LogP contribution in [0.1, 0.15) is 5.56 Å². The number of nitrogens with zero attached hydrogens (tertiary/aromatic N) is 3. The topological polar surface area (TPSA) is 30.2 Å². The van der Waals surface area contributed by atoms with Gasteiger partial charge >= 0.3 is 6.18 Å². The summed E-state index contributed by atoms with van der Waals surface area (Å²) in [7, 11) is 0. The Hall–Kier alpha value is -1.11. The van der Waals surface area contributed by atoms with Crippen molar-refractivity contribution in [2.24, 2.45) is 0 Å². The fourth-order valence-corrected chi connectivity index (χ4v) is 1.42. The molecule has 0 radical (unpaired) electrons. The monoisotopic (exact) mass is 265 g/mol. The maximum absolute atomic E-state index is 12.3. The van der Waals surface area contributed by atoms with Gasteiger partial charge in [-0.1, -0.05) is 0 Å². The van der Waals surface area contributed by atoms with E-state index in [4.69, 9.17) is 0 Å². The molecule has 2 aromatic rings. The van der Waals surface area contributed by atoms with Crippen molar-refractivity contribution in [1.29, 1.82) is 0 Å². The minimum atomic E-state index is -4.35. The summed E-state index contributed by atoms with van der Waals surface area (Å²) >= 11 is 3.05. The van der Waals surface area contributed by atoms with Crippen molar-refractivity contribution in [3.05, 3.63) is 28.6 Å². The van der Waals surface area contributed by atoms with E-state index in [1.54, 1.807) is 0 Å². The first kappa shape index (κ1) is 9.45. The molecule has 3 nitrogen and oxygen atoms in total. The first-order valence-electron chi connectivity index (χ1n) is 3.56. The SMILES string of the molecule is FC(F)(F)c1ccn2c(Br)nnc2c1. The average molecular weight is 266 g/mol. The van der Waals surface area contributed by atoms with Gasteiger partial charge in [0.25, 0.3) is 0 Å². The molecule has 0 saturated carbocycles. The molecule has 0 bridgehead atoms. The van der Waals surface area contributed by atoms with E-state index in [2.05, 4.69) is 26.1 Å². The third-order valence-corrected chi connectivity index (χ3v) is 2.24. The molecule has 2 heterocycles. The Labute approximate surface area is 84.7 Å². The first-order valence-corrected chi connectivity index (χ1v) is 4.35. The van der Waals surface area contributed by atoms with E-state index >= 15 is 0 Å². The van der Waals surface area contributed by atoms with Gasteiger partial charge in [-0.3, -0.25) is 4.40 Å². The van der Waals surface area contributed by atoms with Crippen LogP contribution in [0.15, 0.2) is 23.1 Å². The Balaban J connectivity index is 2.63.